The topological polar surface area (TPSA) is 44.2 Å². The number of ether oxygens (including phenoxy) is 2. The molecule has 0 spiro atoms. The summed E-state index contributed by atoms with van der Waals surface area (Å²) in [6, 6.07) is 7.61. The summed E-state index contributed by atoms with van der Waals surface area (Å²) in [7, 11) is 1.61. The van der Waals surface area contributed by atoms with Crippen LogP contribution in [0.1, 0.15) is 6.92 Å². The minimum atomic E-state index is 0.598. The lowest BCUT2D eigenvalue weighted by Gasteiger charge is -2.08. The van der Waals surface area contributed by atoms with Crippen LogP contribution in [0.5, 0.6) is 11.8 Å². The van der Waals surface area contributed by atoms with E-state index in [9.17, 15) is 0 Å². The van der Waals surface area contributed by atoms with Crippen molar-refractivity contribution in [3.05, 3.63) is 36.7 Å². The maximum Gasteiger partial charge on any atom is 0.221 e. The molecular weight excluding hydrogens is 216 g/mol. The molecule has 4 heteroatoms. The average molecular weight is 230 g/mol. The van der Waals surface area contributed by atoms with Crippen molar-refractivity contribution in [2.45, 2.75) is 6.92 Å². The maximum absolute atomic E-state index is 5.37. The third-order valence-corrected chi connectivity index (χ3v) is 2.30. The van der Waals surface area contributed by atoms with Gasteiger partial charge in [-0.25, -0.2) is 9.97 Å². The van der Waals surface area contributed by atoms with Gasteiger partial charge >= 0.3 is 0 Å². The SMILES string of the molecule is CCOc1cc(-c2cccnc2OC)ccn1. The predicted molar refractivity (Wildman–Crippen MR) is 65.2 cm³/mol. The van der Waals surface area contributed by atoms with Crippen LogP contribution >= 0.6 is 0 Å². The molecule has 17 heavy (non-hydrogen) atoms. The van der Waals surface area contributed by atoms with Gasteiger partial charge in [0.2, 0.25) is 11.8 Å². The summed E-state index contributed by atoms with van der Waals surface area (Å²) < 4.78 is 10.6. The van der Waals surface area contributed by atoms with Gasteiger partial charge in [0.1, 0.15) is 0 Å². The van der Waals surface area contributed by atoms with Gasteiger partial charge < -0.3 is 9.47 Å². The molecule has 4 nitrogen and oxygen atoms in total. The van der Waals surface area contributed by atoms with Crippen molar-refractivity contribution in [3.63, 3.8) is 0 Å². The Balaban J connectivity index is 2.41. The van der Waals surface area contributed by atoms with Crippen molar-refractivity contribution in [2.24, 2.45) is 0 Å². The highest BCUT2D eigenvalue weighted by Crippen LogP contribution is 2.28. The van der Waals surface area contributed by atoms with Crippen LogP contribution in [0.25, 0.3) is 11.1 Å². The first-order valence-electron chi connectivity index (χ1n) is 5.43. The highest BCUT2D eigenvalue weighted by Gasteiger charge is 2.07. The van der Waals surface area contributed by atoms with Gasteiger partial charge in [-0.15, -0.1) is 0 Å². The van der Waals surface area contributed by atoms with Crippen molar-refractivity contribution in [1.82, 2.24) is 9.97 Å². The van der Waals surface area contributed by atoms with Crippen molar-refractivity contribution in [1.29, 1.82) is 0 Å². The highest BCUT2D eigenvalue weighted by molar-refractivity contribution is 5.68. The molecule has 0 aliphatic heterocycles. The smallest absolute Gasteiger partial charge is 0.221 e. The van der Waals surface area contributed by atoms with Gasteiger partial charge in [0, 0.05) is 24.0 Å². The Morgan fingerprint density at radius 1 is 1.18 bits per heavy atom. The fourth-order valence-corrected chi connectivity index (χ4v) is 1.58. The molecule has 0 saturated heterocycles. The third-order valence-electron chi connectivity index (χ3n) is 2.30. The first-order valence-corrected chi connectivity index (χ1v) is 5.43. The molecule has 2 heterocycles. The Bertz CT molecular complexity index is 500. The molecule has 0 fully saturated rings. The summed E-state index contributed by atoms with van der Waals surface area (Å²) in [5, 5.41) is 0. The summed E-state index contributed by atoms with van der Waals surface area (Å²) in [5.74, 6) is 1.21. The van der Waals surface area contributed by atoms with Crippen LogP contribution in [-0.2, 0) is 0 Å². The van der Waals surface area contributed by atoms with Crippen LogP contribution in [0.2, 0.25) is 0 Å². The molecule has 0 atom stereocenters. The number of pyridine rings is 2. The van der Waals surface area contributed by atoms with Crippen LogP contribution in [0.3, 0.4) is 0 Å². The van der Waals surface area contributed by atoms with E-state index in [1.807, 2.05) is 31.2 Å². The second-order valence-corrected chi connectivity index (χ2v) is 3.38. The van der Waals surface area contributed by atoms with Crippen LogP contribution in [0.15, 0.2) is 36.7 Å². The second-order valence-electron chi connectivity index (χ2n) is 3.38. The van der Waals surface area contributed by atoms with E-state index >= 15 is 0 Å². The lowest BCUT2D eigenvalue weighted by molar-refractivity contribution is 0.327. The van der Waals surface area contributed by atoms with E-state index in [-0.39, 0.29) is 0 Å². The molecule has 0 saturated carbocycles. The molecule has 0 bridgehead atoms. The third kappa shape index (κ3) is 2.53. The average Bonchev–Trinajstić information content (AvgIpc) is 2.39. The Morgan fingerprint density at radius 2 is 2.06 bits per heavy atom. The predicted octanol–water partition coefficient (Wildman–Crippen LogP) is 2.55. The Morgan fingerprint density at radius 3 is 2.82 bits per heavy atom. The molecule has 2 aromatic rings. The molecule has 0 unspecified atom stereocenters. The highest BCUT2D eigenvalue weighted by atomic mass is 16.5. The van der Waals surface area contributed by atoms with Crippen molar-refractivity contribution in [3.8, 4) is 22.9 Å². The van der Waals surface area contributed by atoms with E-state index in [0.29, 0.717) is 18.4 Å². The number of methoxy groups -OCH3 is 1. The van der Waals surface area contributed by atoms with E-state index in [4.69, 9.17) is 9.47 Å². The van der Waals surface area contributed by atoms with Gasteiger partial charge in [-0.2, -0.15) is 0 Å². The minimum Gasteiger partial charge on any atom is -0.481 e. The normalized spacial score (nSPS) is 10.0. The van der Waals surface area contributed by atoms with Crippen LogP contribution in [0, 0.1) is 0 Å². The van der Waals surface area contributed by atoms with Gasteiger partial charge in [0.05, 0.1) is 13.7 Å². The quantitative estimate of drug-likeness (QED) is 0.809. The summed E-state index contributed by atoms with van der Waals surface area (Å²) in [5.41, 5.74) is 1.91. The zero-order valence-corrected chi connectivity index (χ0v) is 9.88. The number of hydrogen-bond donors (Lipinski definition) is 0. The fourth-order valence-electron chi connectivity index (χ4n) is 1.58. The number of hydrogen-bond acceptors (Lipinski definition) is 4. The summed E-state index contributed by atoms with van der Waals surface area (Å²) in [6.07, 6.45) is 3.42. The zero-order valence-electron chi connectivity index (χ0n) is 9.88. The first kappa shape index (κ1) is 11.4. The fraction of sp³-hybridized carbons (Fsp3) is 0.231. The van der Waals surface area contributed by atoms with Gasteiger partial charge in [-0.1, -0.05) is 0 Å². The zero-order chi connectivity index (χ0) is 12.1. The standard InChI is InChI=1S/C13H14N2O2/c1-3-17-12-9-10(6-8-14-12)11-5-4-7-15-13(11)16-2/h4-9H,3H2,1-2H3. The monoisotopic (exact) mass is 230 g/mol. The Labute approximate surface area is 100 Å². The Kier molecular flexibility index (Phi) is 3.55. The molecule has 2 rings (SSSR count). The molecule has 0 aromatic carbocycles. The lowest BCUT2D eigenvalue weighted by Crippen LogP contribution is -1.95. The maximum atomic E-state index is 5.37. The van der Waals surface area contributed by atoms with Crippen molar-refractivity contribution in [2.75, 3.05) is 13.7 Å². The van der Waals surface area contributed by atoms with E-state index in [0.717, 1.165) is 11.1 Å². The summed E-state index contributed by atoms with van der Waals surface area (Å²) in [6.45, 7) is 2.53. The van der Waals surface area contributed by atoms with E-state index in [2.05, 4.69) is 9.97 Å². The summed E-state index contributed by atoms with van der Waals surface area (Å²) >= 11 is 0. The molecule has 0 amide bonds. The molecule has 0 aliphatic rings. The molecular formula is C13H14N2O2. The largest absolute Gasteiger partial charge is 0.481 e. The van der Waals surface area contributed by atoms with Gasteiger partial charge in [-0.05, 0) is 30.7 Å². The van der Waals surface area contributed by atoms with Crippen LogP contribution in [-0.4, -0.2) is 23.7 Å². The molecule has 0 N–H and O–H groups in total. The number of nitrogens with zero attached hydrogens (tertiary/aromatic N) is 2. The summed E-state index contributed by atoms with van der Waals surface area (Å²) in [4.78, 5) is 8.29. The van der Waals surface area contributed by atoms with Crippen LogP contribution < -0.4 is 9.47 Å². The van der Waals surface area contributed by atoms with Gasteiger partial charge in [-0.3, -0.25) is 0 Å². The Hall–Kier alpha value is -2.10. The van der Waals surface area contributed by atoms with Crippen molar-refractivity contribution < 1.29 is 9.47 Å². The molecule has 88 valence electrons. The first-order chi connectivity index (χ1) is 8.35. The minimum absolute atomic E-state index is 0.598. The molecule has 2 aromatic heterocycles. The van der Waals surface area contributed by atoms with E-state index in [1.165, 1.54) is 0 Å². The van der Waals surface area contributed by atoms with Crippen molar-refractivity contribution >= 4 is 0 Å². The lowest BCUT2D eigenvalue weighted by atomic mass is 10.1. The molecule has 0 aliphatic carbocycles. The van der Waals surface area contributed by atoms with Crippen LogP contribution in [0.4, 0.5) is 0 Å². The number of rotatable bonds is 4. The van der Waals surface area contributed by atoms with E-state index in [1.54, 1.807) is 19.5 Å². The van der Waals surface area contributed by atoms with Gasteiger partial charge in [0.25, 0.3) is 0 Å². The van der Waals surface area contributed by atoms with Gasteiger partial charge in [0.15, 0.2) is 0 Å². The number of aromatic nitrogens is 2. The molecule has 0 radical (unpaired) electrons. The van der Waals surface area contributed by atoms with E-state index < -0.39 is 0 Å². The second kappa shape index (κ2) is 5.30.